The van der Waals surface area contributed by atoms with Crippen LogP contribution in [0.4, 0.5) is 10.1 Å². The molecule has 0 aromatic carbocycles. The predicted molar refractivity (Wildman–Crippen MR) is 99.5 cm³/mol. The fraction of sp³-hybridized carbons (Fsp3) is 0.579. The van der Waals surface area contributed by atoms with Gasteiger partial charge in [0.2, 0.25) is 0 Å². The summed E-state index contributed by atoms with van der Waals surface area (Å²) in [5.74, 6) is 0.171. The van der Waals surface area contributed by atoms with Crippen molar-refractivity contribution >= 4 is 17.1 Å². The molecular weight excluding hydrogens is 335 g/mol. The van der Waals surface area contributed by atoms with Gasteiger partial charge in [0.15, 0.2) is 0 Å². The number of aliphatic hydroxyl groups is 1. The van der Waals surface area contributed by atoms with Crippen molar-refractivity contribution in [3.8, 4) is 0 Å². The number of carbonyl (C=O) groups is 1. The van der Waals surface area contributed by atoms with E-state index in [4.69, 9.17) is 0 Å². The number of nitrogens with one attached hydrogen (secondary N) is 2. The number of carbonyl (C=O) groups excluding carboxylic acids is 1. The number of rotatable bonds is 7. The van der Waals surface area contributed by atoms with Gasteiger partial charge in [0.25, 0.3) is 5.91 Å². The van der Waals surface area contributed by atoms with E-state index in [1.54, 1.807) is 4.52 Å². The Balaban J connectivity index is 1.89. The number of aromatic nitrogens is 2. The van der Waals surface area contributed by atoms with Gasteiger partial charge in [0, 0.05) is 12.2 Å². The smallest absolute Gasteiger partial charge is 0.255 e. The predicted octanol–water partition coefficient (Wildman–Crippen LogP) is 2.87. The van der Waals surface area contributed by atoms with E-state index in [0.717, 1.165) is 5.52 Å². The van der Waals surface area contributed by atoms with Gasteiger partial charge < -0.3 is 15.7 Å². The fourth-order valence-electron chi connectivity index (χ4n) is 2.86. The summed E-state index contributed by atoms with van der Waals surface area (Å²) in [5, 5.41) is 19.9. The lowest BCUT2D eigenvalue weighted by molar-refractivity contribution is -0.00177. The maximum Gasteiger partial charge on any atom is 0.255 e. The summed E-state index contributed by atoms with van der Waals surface area (Å²) in [6.07, 6.45) is 4.32. The summed E-state index contributed by atoms with van der Waals surface area (Å²) in [5.41, 5.74) is 1.63. The zero-order chi connectivity index (χ0) is 19.1. The van der Waals surface area contributed by atoms with Gasteiger partial charge in [-0.3, -0.25) is 4.79 Å². The van der Waals surface area contributed by atoms with E-state index >= 15 is 0 Å². The minimum atomic E-state index is -1.56. The normalized spacial score (nSPS) is 16.1. The molecule has 2 aromatic rings. The number of halogens is 1. The SMILES string of the molecule is CC(C)Nc1c(C(=O)NCC(F)C(C)(C)O)cnn2cc(C3CC3)cc12. The van der Waals surface area contributed by atoms with E-state index in [-0.39, 0.29) is 12.6 Å². The highest BCUT2D eigenvalue weighted by atomic mass is 19.1. The standard InChI is InChI=1S/C19H27FN4O2/c1-11(2)23-17-14(18(25)21-9-16(20)19(3,4)26)8-22-24-10-13(7-15(17)24)12-5-6-12/h7-8,10-12,16,23,26H,5-6,9H2,1-4H3,(H,21,25). The molecule has 1 aliphatic rings. The lowest BCUT2D eigenvalue weighted by Gasteiger charge is -2.23. The van der Waals surface area contributed by atoms with Crippen LogP contribution in [0.15, 0.2) is 18.5 Å². The molecule has 1 aliphatic carbocycles. The molecule has 1 fully saturated rings. The highest BCUT2D eigenvalue weighted by Gasteiger charge is 2.28. The van der Waals surface area contributed by atoms with E-state index in [0.29, 0.717) is 17.2 Å². The Morgan fingerprint density at radius 3 is 2.73 bits per heavy atom. The second-order valence-electron chi connectivity index (χ2n) is 7.94. The van der Waals surface area contributed by atoms with E-state index in [1.807, 2.05) is 20.0 Å². The van der Waals surface area contributed by atoms with Crippen molar-refractivity contribution in [1.29, 1.82) is 0 Å². The lowest BCUT2D eigenvalue weighted by Crippen LogP contribution is -2.42. The molecule has 1 saturated carbocycles. The molecule has 1 unspecified atom stereocenters. The van der Waals surface area contributed by atoms with Gasteiger partial charge in [-0.15, -0.1) is 0 Å². The molecule has 0 bridgehead atoms. The van der Waals surface area contributed by atoms with E-state index in [2.05, 4.69) is 21.8 Å². The van der Waals surface area contributed by atoms with Crippen LogP contribution in [0.5, 0.6) is 0 Å². The molecule has 0 radical (unpaired) electrons. The third-order valence-corrected chi connectivity index (χ3v) is 4.59. The molecule has 6 nitrogen and oxygen atoms in total. The zero-order valence-electron chi connectivity index (χ0n) is 15.7. The highest BCUT2D eigenvalue weighted by molar-refractivity contribution is 6.02. The first kappa shape index (κ1) is 18.6. The molecule has 142 valence electrons. The van der Waals surface area contributed by atoms with Crippen LogP contribution in [0.3, 0.4) is 0 Å². The number of hydrogen-bond donors (Lipinski definition) is 3. The van der Waals surface area contributed by atoms with Crippen LogP contribution in [-0.2, 0) is 0 Å². The lowest BCUT2D eigenvalue weighted by atomic mass is 10.0. The van der Waals surface area contributed by atoms with Gasteiger partial charge in [-0.2, -0.15) is 5.10 Å². The molecule has 1 amide bonds. The van der Waals surface area contributed by atoms with Gasteiger partial charge in [-0.1, -0.05) is 0 Å². The van der Waals surface area contributed by atoms with Gasteiger partial charge in [0.1, 0.15) is 6.17 Å². The molecule has 0 spiro atoms. The Hall–Kier alpha value is -2.15. The number of alkyl halides is 1. The van der Waals surface area contributed by atoms with Crippen molar-refractivity contribution in [3.63, 3.8) is 0 Å². The Bertz CT molecular complexity index is 806. The number of fused-ring (bicyclic) bond motifs is 1. The van der Waals surface area contributed by atoms with Crippen molar-refractivity contribution in [2.45, 2.75) is 64.3 Å². The molecule has 0 aliphatic heterocycles. The Morgan fingerprint density at radius 2 is 2.15 bits per heavy atom. The van der Waals surface area contributed by atoms with Crippen LogP contribution in [-0.4, -0.2) is 45.0 Å². The maximum atomic E-state index is 13.9. The summed E-state index contributed by atoms with van der Waals surface area (Å²) in [6.45, 7) is 6.49. The fourth-order valence-corrected chi connectivity index (χ4v) is 2.86. The van der Waals surface area contributed by atoms with Crippen LogP contribution in [0.2, 0.25) is 0 Å². The molecule has 26 heavy (non-hydrogen) atoms. The van der Waals surface area contributed by atoms with E-state index in [9.17, 15) is 14.3 Å². The van der Waals surface area contributed by atoms with Crippen molar-refractivity contribution < 1.29 is 14.3 Å². The summed E-state index contributed by atoms with van der Waals surface area (Å²) < 4.78 is 15.7. The third-order valence-electron chi connectivity index (χ3n) is 4.59. The molecule has 3 N–H and O–H groups in total. The number of nitrogens with zero attached hydrogens (tertiary/aromatic N) is 2. The molecule has 7 heteroatoms. The Labute approximate surface area is 152 Å². The van der Waals surface area contributed by atoms with Crippen molar-refractivity contribution in [3.05, 3.63) is 29.6 Å². The minimum absolute atomic E-state index is 0.123. The second-order valence-corrected chi connectivity index (χ2v) is 7.94. The quantitative estimate of drug-likeness (QED) is 0.708. The molecule has 1 atom stereocenters. The highest BCUT2D eigenvalue weighted by Crippen LogP contribution is 2.41. The van der Waals surface area contributed by atoms with Crippen LogP contribution >= 0.6 is 0 Å². The summed E-state index contributed by atoms with van der Waals surface area (Å²) in [6, 6.07) is 2.19. The van der Waals surface area contributed by atoms with Crippen LogP contribution in [0.25, 0.3) is 5.52 Å². The summed E-state index contributed by atoms with van der Waals surface area (Å²) in [7, 11) is 0. The van der Waals surface area contributed by atoms with E-state index < -0.39 is 17.7 Å². The molecule has 2 aromatic heterocycles. The Morgan fingerprint density at radius 1 is 1.46 bits per heavy atom. The molecular formula is C19H27FN4O2. The van der Waals surface area contributed by atoms with Crippen molar-refractivity contribution in [2.24, 2.45) is 0 Å². The largest absolute Gasteiger partial charge is 0.387 e. The second kappa shape index (κ2) is 6.87. The first-order valence-corrected chi connectivity index (χ1v) is 9.09. The van der Waals surface area contributed by atoms with Gasteiger partial charge >= 0.3 is 0 Å². The topological polar surface area (TPSA) is 78.7 Å². The van der Waals surface area contributed by atoms with Crippen molar-refractivity contribution in [1.82, 2.24) is 14.9 Å². The average Bonchev–Trinajstić information content (AvgIpc) is 3.30. The average molecular weight is 362 g/mol. The van der Waals surface area contributed by atoms with E-state index in [1.165, 1.54) is 38.4 Å². The minimum Gasteiger partial charge on any atom is -0.387 e. The number of amides is 1. The summed E-state index contributed by atoms with van der Waals surface area (Å²) >= 11 is 0. The molecule has 2 heterocycles. The molecule has 0 saturated heterocycles. The van der Waals surface area contributed by atoms with Crippen LogP contribution in [0.1, 0.15) is 62.4 Å². The number of anilines is 1. The first-order valence-electron chi connectivity index (χ1n) is 9.09. The van der Waals surface area contributed by atoms with Crippen LogP contribution < -0.4 is 10.6 Å². The first-order chi connectivity index (χ1) is 12.2. The van der Waals surface area contributed by atoms with Gasteiger partial charge in [-0.25, -0.2) is 8.91 Å². The van der Waals surface area contributed by atoms with Gasteiger partial charge in [0.05, 0.1) is 35.1 Å². The van der Waals surface area contributed by atoms with Gasteiger partial charge in [-0.05, 0) is 58.1 Å². The Kier molecular flexibility index (Phi) is 4.92. The maximum absolute atomic E-state index is 13.9. The molecule has 3 rings (SSSR count). The number of hydrogen-bond acceptors (Lipinski definition) is 4. The summed E-state index contributed by atoms with van der Waals surface area (Å²) in [4.78, 5) is 12.6. The third kappa shape index (κ3) is 3.98. The van der Waals surface area contributed by atoms with Crippen LogP contribution in [0, 0.1) is 0 Å². The monoisotopic (exact) mass is 362 g/mol. The zero-order valence-corrected chi connectivity index (χ0v) is 15.7. The van der Waals surface area contributed by atoms with Crippen molar-refractivity contribution in [2.75, 3.05) is 11.9 Å².